The SMILES string of the molecule is C=C(C(=O)OC)[C@@H](OC(C)=O)c1ccc(Cl)cc1. The van der Waals surface area contributed by atoms with Crippen LogP contribution >= 0.6 is 11.6 Å². The lowest BCUT2D eigenvalue weighted by molar-refractivity contribution is -0.147. The Morgan fingerprint density at radius 3 is 2.28 bits per heavy atom. The number of carbonyl (C=O) groups excluding carboxylic acids is 2. The van der Waals surface area contributed by atoms with Crippen molar-refractivity contribution < 1.29 is 19.1 Å². The number of halogens is 1. The fourth-order valence-corrected chi connectivity index (χ4v) is 1.51. The lowest BCUT2D eigenvalue weighted by atomic mass is 10.0. The summed E-state index contributed by atoms with van der Waals surface area (Å²) in [6, 6.07) is 6.59. The molecule has 0 amide bonds. The van der Waals surface area contributed by atoms with Crippen LogP contribution in [-0.4, -0.2) is 19.0 Å². The first kappa shape index (κ1) is 14.3. The van der Waals surface area contributed by atoms with E-state index in [1.807, 2.05) is 0 Å². The number of ether oxygens (including phenoxy) is 2. The summed E-state index contributed by atoms with van der Waals surface area (Å²) in [7, 11) is 1.24. The van der Waals surface area contributed by atoms with Gasteiger partial charge in [0.15, 0.2) is 6.10 Å². The van der Waals surface area contributed by atoms with E-state index in [1.165, 1.54) is 14.0 Å². The molecular weight excluding hydrogens is 256 g/mol. The van der Waals surface area contributed by atoms with Crippen LogP contribution in [-0.2, 0) is 19.1 Å². The number of benzene rings is 1. The van der Waals surface area contributed by atoms with E-state index in [4.69, 9.17) is 16.3 Å². The topological polar surface area (TPSA) is 52.6 Å². The first-order chi connectivity index (χ1) is 8.45. The number of hydrogen-bond donors (Lipinski definition) is 0. The van der Waals surface area contributed by atoms with Crippen LogP contribution in [0.3, 0.4) is 0 Å². The summed E-state index contributed by atoms with van der Waals surface area (Å²) in [6.45, 7) is 4.85. The Morgan fingerprint density at radius 1 is 1.28 bits per heavy atom. The van der Waals surface area contributed by atoms with Gasteiger partial charge in [0.1, 0.15) is 0 Å². The van der Waals surface area contributed by atoms with Gasteiger partial charge in [-0.3, -0.25) is 4.79 Å². The average molecular weight is 269 g/mol. The minimum Gasteiger partial charge on any atom is -0.466 e. The fraction of sp³-hybridized carbons (Fsp3) is 0.231. The van der Waals surface area contributed by atoms with Gasteiger partial charge < -0.3 is 9.47 Å². The molecule has 1 rings (SSSR count). The predicted octanol–water partition coefficient (Wildman–Crippen LogP) is 2.67. The molecule has 0 aliphatic rings. The molecule has 0 fully saturated rings. The summed E-state index contributed by atoms with van der Waals surface area (Å²) in [5.74, 6) is -1.14. The molecule has 0 aromatic heterocycles. The maximum Gasteiger partial charge on any atom is 0.337 e. The molecule has 0 spiro atoms. The van der Waals surface area contributed by atoms with Gasteiger partial charge in [0.25, 0.3) is 0 Å². The zero-order valence-electron chi connectivity index (χ0n) is 10.1. The highest BCUT2D eigenvalue weighted by molar-refractivity contribution is 6.30. The van der Waals surface area contributed by atoms with Gasteiger partial charge in [0.05, 0.1) is 12.7 Å². The largest absolute Gasteiger partial charge is 0.466 e. The third kappa shape index (κ3) is 3.60. The molecule has 1 atom stereocenters. The minimum absolute atomic E-state index is 0.0509. The summed E-state index contributed by atoms with van der Waals surface area (Å²) in [5, 5.41) is 0.545. The summed E-state index contributed by atoms with van der Waals surface area (Å²) in [6.07, 6.45) is -0.868. The van der Waals surface area contributed by atoms with E-state index in [0.717, 1.165) is 0 Å². The molecule has 0 aliphatic heterocycles. The number of carbonyl (C=O) groups is 2. The molecule has 1 aromatic rings. The first-order valence-corrected chi connectivity index (χ1v) is 5.53. The number of esters is 2. The van der Waals surface area contributed by atoms with Crippen molar-refractivity contribution in [1.29, 1.82) is 0 Å². The quantitative estimate of drug-likeness (QED) is 0.622. The summed E-state index contributed by atoms with van der Waals surface area (Å²) >= 11 is 5.77. The van der Waals surface area contributed by atoms with Crippen LogP contribution in [0.5, 0.6) is 0 Å². The van der Waals surface area contributed by atoms with E-state index < -0.39 is 18.0 Å². The lowest BCUT2D eigenvalue weighted by Gasteiger charge is -2.18. The van der Waals surface area contributed by atoms with Crippen LogP contribution in [0, 0.1) is 0 Å². The van der Waals surface area contributed by atoms with Crippen molar-refractivity contribution in [3.63, 3.8) is 0 Å². The standard InChI is InChI=1S/C13H13ClO4/c1-8(13(16)17-3)12(18-9(2)15)10-4-6-11(14)7-5-10/h4-7,12H,1H2,2-3H3/t12-/m1/s1. The number of hydrogen-bond acceptors (Lipinski definition) is 4. The highest BCUT2D eigenvalue weighted by atomic mass is 35.5. The zero-order chi connectivity index (χ0) is 13.7. The van der Waals surface area contributed by atoms with Gasteiger partial charge in [-0.05, 0) is 17.7 Å². The monoisotopic (exact) mass is 268 g/mol. The molecule has 0 unspecified atom stereocenters. The predicted molar refractivity (Wildman–Crippen MR) is 67.1 cm³/mol. The molecule has 0 saturated heterocycles. The second-order valence-electron chi connectivity index (χ2n) is 3.56. The van der Waals surface area contributed by atoms with E-state index >= 15 is 0 Å². The van der Waals surface area contributed by atoms with Crippen LogP contribution < -0.4 is 0 Å². The summed E-state index contributed by atoms with van der Waals surface area (Å²) < 4.78 is 9.64. The van der Waals surface area contributed by atoms with Crippen molar-refractivity contribution in [1.82, 2.24) is 0 Å². The normalized spacial score (nSPS) is 11.5. The Labute approximate surface area is 110 Å². The zero-order valence-corrected chi connectivity index (χ0v) is 10.9. The maximum atomic E-state index is 11.4. The van der Waals surface area contributed by atoms with E-state index in [1.54, 1.807) is 24.3 Å². The minimum atomic E-state index is -0.868. The molecule has 4 nitrogen and oxygen atoms in total. The van der Waals surface area contributed by atoms with Gasteiger partial charge in [-0.15, -0.1) is 0 Å². The highest BCUT2D eigenvalue weighted by Gasteiger charge is 2.24. The lowest BCUT2D eigenvalue weighted by Crippen LogP contribution is -2.17. The van der Waals surface area contributed by atoms with Crippen molar-refractivity contribution in [2.75, 3.05) is 7.11 Å². The Bertz CT molecular complexity index is 464. The third-order valence-corrected chi connectivity index (χ3v) is 2.47. The van der Waals surface area contributed by atoms with Gasteiger partial charge in [-0.2, -0.15) is 0 Å². The maximum absolute atomic E-state index is 11.4. The number of rotatable bonds is 4. The molecule has 0 saturated carbocycles. The van der Waals surface area contributed by atoms with Crippen molar-refractivity contribution in [3.05, 3.63) is 47.0 Å². The molecule has 0 N–H and O–H groups in total. The molecule has 0 bridgehead atoms. The Hall–Kier alpha value is -1.81. The van der Waals surface area contributed by atoms with Gasteiger partial charge in [-0.1, -0.05) is 30.3 Å². The first-order valence-electron chi connectivity index (χ1n) is 5.15. The van der Waals surface area contributed by atoms with Crippen LogP contribution in [0.4, 0.5) is 0 Å². The van der Waals surface area contributed by atoms with Gasteiger partial charge in [-0.25, -0.2) is 4.79 Å². The highest BCUT2D eigenvalue weighted by Crippen LogP contribution is 2.26. The Kier molecular flexibility index (Phi) is 4.92. The molecule has 18 heavy (non-hydrogen) atoms. The van der Waals surface area contributed by atoms with Crippen molar-refractivity contribution >= 4 is 23.5 Å². The van der Waals surface area contributed by atoms with Crippen LogP contribution in [0.15, 0.2) is 36.4 Å². The van der Waals surface area contributed by atoms with E-state index in [2.05, 4.69) is 11.3 Å². The van der Waals surface area contributed by atoms with Gasteiger partial charge >= 0.3 is 11.9 Å². The van der Waals surface area contributed by atoms with Crippen molar-refractivity contribution in [2.24, 2.45) is 0 Å². The molecule has 1 aromatic carbocycles. The summed E-state index contributed by atoms with van der Waals surface area (Å²) in [4.78, 5) is 22.5. The molecular formula is C13H13ClO4. The van der Waals surface area contributed by atoms with Crippen LogP contribution in [0.2, 0.25) is 5.02 Å². The van der Waals surface area contributed by atoms with Gasteiger partial charge in [0.2, 0.25) is 0 Å². The van der Waals surface area contributed by atoms with E-state index in [9.17, 15) is 9.59 Å². The van der Waals surface area contributed by atoms with Crippen LogP contribution in [0.25, 0.3) is 0 Å². The third-order valence-electron chi connectivity index (χ3n) is 2.22. The number of methoxy groups -OCH3 is 1. The molecule has 0 heterocycles. The smallest absolute Gasteiger partial charge is 0.337 e. The molecule has 96 valence electrons. The van der Waals surface area contributed by atoms with Gasteiger partial charge in [0, 0.05) is 11.9 Å². The summed E-state index contributed by atoms with van der Waals surface area (Å²) in [5.41, 5.74) is 0.653. The average Bonchev–Trinajstić information content (AvgIpc) is 2.35. The van der Waals surface area contributed by atoms with Crippen molar-refractivity contribution in [3.8, 4) is 0 Å². The Morgan fingerprint density at radius 2 is 1.83 bits per heavy atom. The fourth-order valence-electron chi connectivity index (χ4n) is 1.38. The Balaban J connectivity index is 3.05. The molecule has 0 aliphatic carbocycles. The molecule has 5 heteroatoms. The van der Waals surface area contributed by atoms with Crippen molar-refractivity contribution in [2.45, 2.75) is 13.0 Å². The molecule has 0 radical (unpaired) electrons. The van der Waals surface area contributed by atoms with E-state index in [-0.39, 0.29) is 5.57 Å². The van der Waals surface area contributed by atoms with Crippen LogP contribution in [0.1, 0.15) is 18.6 Å². The second kappa shape index (κ2) is 6.21. The second-order valence-corrected chi connectivity index (χ2v) is 3.99. The van der Waals surface area contributed by atoms with E-state index in [0.29, 0.717) is 10.6 Å².